The van der Waals surface area contributed by atoms with Gasteiger partial charge in [-0.1, -0.05) is 133 Å². The second kappa shape index (κ2) is 17.1. The molecule has 334 valence electrons. The second-order valence-electron chi connectivity index (χ2n) is 16.0. The predicted molar refractivity (Wildman–Crippen MR) is 253 cm³/mol. The Morgan fingerprint density at radius 2 is 0.725 bits per heavy atom. The fraction of sp³-hybridized carbons (Fsp3) is 0.0364. The van der Waals surface area contributed by atoms with Crippen LogP contribution in [-0.2, 0) is 12.4 Å². The third kappa shape index (κ3) is 8.22. The molecule has 0 saturated carbocycles. The number of alkyl halides is 6. The van der Waals surface area contributed by atoms with Crippen molar-refractivity contribution in [3.05, 3.63) is 206 Å². The maximum absolute atomic E-state index is 14.4. The van der Waals surface area contributed by atoms with Crippen LogP contribution in [0.3, 0.4) is 0 Å². The molecule has 0 saturated heterocycles. The Morgan fingerprint density at radius 3 is 1.13 bits per heavy atom. The van der Waals surface area contributed by atoms with E-state index in [4.69, 9.17) is 29.9 Å². The van der Waals surface area contributed by atoms with Gasteiger partial charge in [-0.05, 0) is 54.1 Å². The lowest BCUT2D eigenvalue weighted by Crippen LogP contribution is -2.05. The number of aromatic nitrogens is 8. The summed E-state index contributed by atoms with van der Waals surface area (Å²) in [5.74, 6) is 2.09. The molecule has 69 heavy (non-hydrogen) atoms. The fourth-order valence-electron chi connectivity index (χ4n) is 8.39. The van der Waals surface area contributed by atoms with Gasteiger partial charge < -0.3 is 4.57 Å². The average Bonchev–Trinajstić information content (AvgIpc) is 3.72. The molecule has 0 bridgehead atoms. The Morgan fingerprint density at radius 1 is 0.333 bits per heavy atom. The molecule has 7 aromatic carbocycles. The summed E-state index contributed by atoms with van der Waals surface area (Å²) in [7, 11) is 0. The average molecular weight is 919 g/mol. The molecule has 0 spiro atoms. The van der Waals surface area contributed by atoms with Gasteiger partial charge in [0.2, 0.25) is 0 Å². The van der Waals surface area contributed by atoms with Crippen molar-refractivity contribution < 1.29 is 26.3 Å². The van der Waals surface area contributed by atoms with Gasteiger partial charge in [0.15, 0.2) is 34.9 Å². The molecule has 11 aromatic rings. The third-order valence-electron chi connectivity index (χ3n) is 11.7. The number of rotatable bonds is 8. The standard InChI is InChI=1S/C55H32F6N8/c56-54(57,58)38-22-25-45-42(30-38)43-31-39(55(59,60)61)23-26-46(43)69(45)47-29-37(52-65-48(33-13-5-1-6-14-33)63-49(66-52)34-15-7-2-8-16-34)21-24-41(47)40-27-28-62-32-44(40)53-67-50(35-17-9-3-10-18-35)64-51(68-53)36-19-11-4-12-20-36/h1-32H. The second-order valence-corrected chi connectivity index (χ2v) is 16.0. The summed E-state index contributed by atoms with van der Waals surface area (Å²) < 4.78 is 88.1. The van der Waals surface area contributed by atoms with E-state index in [0.717, 1.165) is 46.5 Å². The van der Waals surface area contributed by atoms with E-state index in [1.165, 1.54) is 12.1 Å². The zero-order chi connectivity index (χ0) is 47.3. The van der Waals surface area contributed by atoms with Gasteiger partial charge in [-0.15, -0.1) is 0 Å². The highest BCUT2D eigenvalue weighted by molar-refractivity contribution is 6.10. The quantitative estimate of drug-likeness (QED) is 0.140. The van der Waals surface area contributed by atoms with E-state index in [0.29, 0.717) is 51.2 Å². The highest BCUT2D eigenvalue weighted by Gasteiger charge is 2.34. The first-order valence-electron chi connectivity index (χ1n) is 21.5. The van der Waals surface area contributed by atoms with Gasteiger partial charge in [-0.2, -0.15) is 26.3 Å². The molecule has 8 nitrogen and oxygen atoms in total. The lowest BCUT2D eigenvalue weighted by molar-refractivity contribution is -0.138. The van der Waals surface area contributed by atoms with Gasteiger partial charge in [0, 0.05) is 62.1 Å². The van der Waals surface area contributed by atoms with Crippen LogP contribution < -0.4 is 0 Å². The highest BCUT2D eigenvalue weighted by Crippen LogP contribution is 2.44. The van der Waals surface area contributed by atoms with Crippen LogP contribution in [0.25, 0.3) is 107 Å². The SMILES string of the molecule is FC(F)(F)c1ccc2c(c1)c1cc(C(F)(F)F)ccc1n2-c1cc(-c2nc(-c3ccccc3)nc(-c3ccccc3)n2)ccc1-c1ccncc1-c1nc(-c2ccccc2)nc(-c2ccccc2)n1. The van der Waals surface area contributed by atoms with Crippen molar-refractivity contribution in [3.63, 3.8) is 0 Å². The van der Waals surface area contributed by atoms with Crippen molar-refractivity contribution in [1.29, 1.82) is 0 Å². The van der Waals surface area contributed by atoms with Gasteiger partial charge >= 0.3 is 12.4 Å². The summed E-state index contributed by atoms with van der Waals surface area (Å²) in [6.45, 7) is 0. The largest absolute Gasteiger partial charge is 0.416 e. The molecule has 4 heterocycles. The molecule has 0 radical (unpaired) electrons. The van der Waals surface area contributed by atoms with Crippen LogP contribution in [0.1, 0.15) is 11.1 Å². The van der Waals surface area contributed by atoms with Gasteiger partial charge in [0.25, 0.3) is 0 Å². The van der Waals surface area contributed by atoms with Crippen molar-refractivity contribution >= 4 is 21.8 Å². The van der Waals surface area contributed by atoms with E-state index >= 15 is 0 Å². The summed E-state index contributed by atoms with van der Waals surface area (Å²) >= 11 is 0. The Bertz CT molecular complexity index is 3510. The minimum absolute atomic E-state index is 0.0346. The lowest BCUT2D eigenvalue weighted by atomic mass is 9.97. The van der Waals surface area contributed by atoms with Crippen molar-refractivity contribution in [3.8, 4) is 85.1 Å². The molecule has 0 aliphatic heterocycles. The van der Waals surface area contributed by atoms with Crippen molar-refractivity contribution in [1.82, 2.24) is 39.5 Å². The van der Waals surface area contributed by atoms with E-state index in [-0.39, 0.29) is 33.5 Å². The van der Waals surface area contributed by atoms with Gasteiger partial charge in [0.05, 0.1) is 27.8 Å². The first-order valence-corrected chi connectivity index (χ1v) is 21.5. The number of hydrogen-bond donors (Lipinski definition) is 0. The number of nitrogens with zero attached hydrogens (tertiary/aromatic N) is 8. The van der Waals surface area contributed by atoms with Crippen LogP contribution in [0, 0.1) is 0 Å². The highest BCUT2D eigenvalue weighted by atomic mass is 19.4. The van der Waals surface area contributed by atoms with Crippen molar-refractivity contribution in [2.75, 3.05) is 0 Å². The molecule has 0 atom stereocenters. The molecule has 0 aliphatic rings. The van der Waals surface area contributed by atoms with Crippen LogP contribution in [-0.4, -0.2) is 39.5 Å². The molecule has 14 heteroatoms. The van der Waals surface area contributed by atoms with Crippen molar-refractivity contribution in [2.45, 2.75) is 12.4 Å². The normalized spacial score (nSPS) is 11.9. The Kier molecular flexibility index (Phi) is 10.6. The smallest absolute Gasteiger partial charge is 0.309 e. The lowest BCUT2D eigenvalue weighted by Gasteiger charge is -2.18. The fourth-order valence-corrected chi connectivity index (χ4v) is 8.39. The summed E-state index contributed by atoms with van der Waals surface area (Å²) in [6.07, 6.45) is -6.36. The molecule has 0 fully saturated rings. The summed E-state index contributed by atoms with van der Waals surface area (Å²) in [5.41, 5.74) is 3.72. The molecular formula is C55H32F6N8. The van der Waals surface area contributed by atoms with E-state index in [1.807, 2.05) is 133 Å². The first-order chi connectivity index (χ1) is 33.5. The Balaban J connectivity index is 1.21. The monoisotopic (exact) mass is 918 g/mol. The van der Waals surface area contributed by atoms with Gasteiger partial charge in [0.1, 0.15) is 0 Å². The minimum Gasteiger partial charge on any atom is -0.309 e. The third-order valence-corrected chi connectivity index (χ3v) is 11.7. The first kappa shape index (κ1) is 42.7. The molecular weight excluding hydrogens is 887 g/mol. The van der Waals surface area contributed by atoms with Crippen molar-refractivity contribution in [2.24, 2.45) is 0 Å². The zero-order valence-electron chi connectivity index (χ0n) is 35.8. The van der Waals surface area contributed by atoms with E-state index in [2.05, 4.69) is 4.98 Å². The number of hydrogen-bond acceptors (Lipinski definition) is 7. The van der Waals surface area contributed by atoms with Crippen LogP contribution in [0.15, 0.2) is 194 Å². The zero-order valence-corrected chi connectivity index (χ0v) is 35.8. The molecule has 0 unspecified atom stereocenters. The Labute approximate surface area is 389 Å². The van der Waals surface area contributed by atoms with Crippen LogP contribution >= 0.6 is 0 Å². The maximum Gasteiger partial charge on any atom is 0.416 e. The van der Waals surface area contributed by atoms with Crippen LogP contribution in [0.4, 0.5) is 26.3 Å². The number of pyridine rings is 1. The Hall–Kier alpha value is -8.91. The molecule has 0 aliphatic carbocycles. The summed E-state index contributed by atoms with van der Waals surface area (Å²) in [4.78, 5) is 34.1. The van der Waals surface area contributed by atoms with Crippen LogP contribution in [0.2, 0.25) is 0 Å². The number of benzene rings is 7. The maximum atomic E-state index is 14.4. The molecule has 0 amide bonds. The number of fused-ring (bicyclic) bond motifs is 3. The molecule has 4 aromatic heterocycles. The van der Waals surface area contributed by atoms with Gasteiger partial charge in [-0.3, -0.25) is 4.98 Å². The molecule has 11 rings (SSSR count). The van der Waals surface area contributed by atoms with E-state index in [9.17, 15) is 26.3 Å². The summed E-state index contributed by atoms with van der Waals surface area (Å²) in [5, 5.41) is -0.0693. The van der Waals surface area contributed by atoms with Gasteiger partial charge in [-0.25, -0.2) is 29.9 Å². The predicted octanol–water partition coefficient (Wildman–Crippen LogP) is 14.3. The van der Waals surface area contributed by atoms with E-state index < -0.39 is 23.5 Å². The summed E-state index contributed by atoms with van der Waals surface area (Å²) in [6, 6.07) is 51.0. The topological polar surface area (TPSA) is 95.2 Å². The molecule has 0 N–H and O–H groups in total. The van der Waals surface area contributed by atoms with Crippen LogP contribution in [0.5, 0.6) is 0 Å². The number of halogens is 6. The minimum atomic E-state index is -4.78. The van der Waals surface area contributed by atoms with E-state index in [1.54, 1.807) is 29.1 Å².